The SMILES string of the molecule is Cl.Cn1ccnc1C1CNCCN1S(=O)(=O)c1ccc2c(c1)CCO2. The molecule has 9 heteroatoms. The highest BCUT2D eigenvalue weighted by molar-refractivity contribution is 7.89. The molecule has 2 aliphatic heterocycles. The minimum absolute atomic E-state index is 0. The number of ether oxygens (including phenoxy) is 1. The van der Waals surface area contributed by atoms with Crippen LogP contribution in [0.3, 0.4) is 0 Å². The zero-order valence-corrected chi connectivity index (χ0v) is 15.5. The Labute approximate surface area is 153 Å². The zero-order chi connectivity index (χ0) is 16.7. The van der Waals surface area contributed by atoms with Crippen molar-refractivity contribution in [2.24, 2.45) is 7.05 Å². The fourth-order valence-electron chi connectivity index (χ4n) is 3.35. The molecule has 1 aromatic carbocycles. The predicted molar refractivity (Wildman–Crippen MR) is 95.6 cm³/mol. The largest absolute Gasteiger partial charge is 0.493 e. The zero-order valence-electron chi connectivity index (χ0n) is 13.9. The number of aromatic nitrogens is 2. The third kappa shape index (κ3) is 3.15. The van der Waals surface area contributed by atoms with Crippen molar-refractivity contribution in [3.63, 3.8) is 0 Å². The van der Waals surface area contributed by atoms with E-state index in [2.05, 4.69) is 10.3 Å². The maximum absolute atomic E-state index is 13.2. The van der Waals surface area contributed by atoms with Crippen LogP contribution in [0.1, 0.15) is 17.4 Å². The highest BCUT2D eigenvalue weighted by Gasteiger charge is 2.36. The first-order valence-corrected chi connectivity index (χ1v) is 9.47. The molecule has 1 N–H and O–H groups in total. The fourth-order valence-corrected chi connectivity index (χ4v) is 4.99. The van der Waals surface area contributed by atoms with Crippen molar-refractivity contribution in [3.05, 3.63) is 42.0 Å². The van der Waals surface area contributed by atoms with E-state index in [4.69, 9.17) is 4.74 Å². The molecule has 1 fully saturated rings. The number of hydrogen-bond acceptors (Lipinski definition) is 5. The molecular weight excluding hydrogens is 364 g/mol. The van der Waals surface area contributed by atoms with Gasteiger partial charge in [0.2, 0.25) is 10.0 Å². The Balaban J connectivity index is 0.00000182. The van der Waals surface area contributed by atoms with Crippen LogP contribution < -0.4 is 10.1 Å². The third-order valence-electron chi connectivity index (χ3n) is 4.62. The summed E-state index contributed by atoms with van der Waals surface area (Å²) in [5.74, 6) is 1.53. The number of sulfonamides is 1. The number of piperazine rings is 1. The van der Waals surface area contributed by atoms with Gasteiger partial charge in [-0.25, -0.2) is 13.4 Å². The Kier molecular flexibility index (Phi) is 5.06. The van der Waals surface area contributed by atoms with Crippen molar-refractivity contribution in [2.45, 2.75) is 17.4 Å². The molecule has 25 heavy (non-hydrogen) atoms. The summed E-state index contributed by atoms with van der Waals surface area (Å²) in [6.45, 7) is 2.22. The van der Waals surface area contributed by atoms with Crippen LogP contribution in [0, 0.1) is 0 Å². The first kappa shape index (κ1) is 18.2. The Bertz CT molecular complexity index is 868. The molecule has 136 valence electrons. The second-order valence-corrected chi connectivity index (χ2v) is 7.99. The third-order valence-corrected chi connectivity index (χ3v) is 6.52. The number of benzene rings is 1. The van der Waals surface area contributed by atoms with Crippen molar-refractivity contribution in [1.82, 2.24) is 19.2 Å². The summed E-state index contributed by atoms with van der Waals surface area (Å²) in [7, 11) is -1.71. The summed E-state index contributed by atoms with van der Waals surface area (Å²) in [6.07, 6.45) is 4.28. The van der Waals surface area contributed by atoms with Gasteiger partial charge in [0.05, 0.1) is 17.5 Å². The average molecular weight is 385 g/mol. The summed E-state index contributed by atoms with van der Waals surface area (Å²) in [5.41, 5.74) is 0.958. The second kappa shape index (κ2) is 6.95. The molecule has 1 atom stereocenters. The lowest BCUT2D eigenvalue weighted by atomic mass is 10.2. The Morgan fingerprint density at radius 2 is 2.20 bits per heavy atom. The molecule has 0 amide bonds. The van der Waals surface area contributed by atoms with Crippen LogP contribution in [0.15, 0.2) is 35.5 Å². The average Bonchev–Trinajstić information content (AvgIpc) is 3.22. The summed E-state index contributed by atoms with van der Waals surface area (Å²) < 4.78 is 35.4. The van der Waals surface area contributed by atoms with E-state index >= 15 is 0 Å². The van der Waals surface area contributed by atoms with Gasteiger partial charge in [0, 0.05) is 45.5 Å². The number of halogens is 1. The van der Waals surface area contributed by atoms with E-state index in [1.807, 2.05) is 17.8 Å². The van der Waals surface area contributed by atoms with Gasteiger partial charge in [-0.05, 0) is 23.8 Å². The van der Waals surface area contributed by atoms with Gasteiger partial charge in [-0.15, -0.1) is 12.4 Å². The summed E-state index contributed by atoms with van der Waals surface area (Å²) in [4.78, 5) is 4.68. The van der Waals surface area contributed by atoms with Crippen molar-refractivity contribution in [2.75, 3.05) is 26.2 Å². The molecule has 0 saturated carbocycles. The maximum atomic E-state index is 13.2. The Morgan fingerprint density at radius 3 is 2.96 bits per heavy atom. The number of nitrogens with one attached hydrogen (secondary N) is 1. The van der Waals surface area contributed by atoms with E-state index in [1.54, 1.807) is 28.7 Å². The number of hydrogen-bond donors (Lipinski definition) is 1. The van der Waals surface area contributed by atoms with Gasteiger partial charge in [-0.1, -0.05) is 0 Å². The van der Waals surface area contributed by atoms with E-state index in [0.29, 0.717) is 31.1 Å². The lowest BCUT2D eigenvalue weighted by Crippen LogP contribution is -2.49. The summed E-state index contributed by atoms with van der Waals surface area (Å²) in [6, 6.07) is 4.83. The normalized spacial score (nSPS) is 20.6. The molecule has 1 saturated heterocycles. The van der Waals surface area contributed by atoms with Gasteiger partial charge in [0.15, 0.2) is 0 Å². The van der Waals surface area contributed by atoms with Crippen molar-refractivity contribution >= 4 is 22.4 Å². The van der Waals surface area contributed by atoms with E-state index in [1.165, 1.54) is 0 Å². The van der Waals surface area contributed by atoms with Crippen LogP contribution >= 0.6 is 12.4 Å². The van der Waals surface area contributed by atoms with Gasteiger partial charge >= 0.3 is 0 Å². The molecule has 2 aliphatic rings. The molecule has 0 spiro atoms. The molecule has 0 radical (unpaired) electrons. The lowest BCUT2D eigenvalue weighted by Gasteiger charge is -2.34. The van der Waals surface area contributed by atoms with Crippen LogP contribution in [0.25, 0.3) is 0 Å². The molecule has 3 heterocycles. The second-order valence-electron chi connectivity index (χ2n) is 6.10. The number of nitrogens with zero attached hydrogens (tertiary/aromatic N) is 3. The van der Waals surface area contributed by atoms with Gasteiger partial charge in [-0.3, -0.25) is 0 Å². The van der Waals surface area contributed by atoms with Crippen molar-refractivity contribution < 1.29 is 13.2 Å². The molecule has 1 unspecified atom stereocenters. The monoisotopic (exact) mass is 384 g/mol. The van der Waals surface area contributed by atoms with Crippen LogP contribution in [-0.4, -0.2) is 48.5 Å². The first-order valence-electron chi connectivity index (χ1n) is 8.03. The number of fused-ring (bicyclic) bond motifs is 1. The minimum Gasteiger partial charge on any atom is -0.493 e. The first-order chi connectivity index (χ1) is 11.6. The topological polar surface area (TPSA) is 76.5 Å². The van der Waals surface area contributed by atoms with E-state index in [9.17, 15) is 8.42 Å². The lowest BCUT2D eigenvalue weighted by molar-refractivity contribution is 0.258. The number of imidazole rings is 1. The molecular formula is C16H21ClN4O3S. The van der Waals surface area contributed by atoms with Gasteiger partial charge in [0.1, 0.15) is 11.6 Å². The van der Waals surface area contributed by atoms with Crippen molar-refractivity contribution in [3.8, 4) is 5.75 Å². The smallest absolute Gasteiger partial charge is 0.243 e. The standard InChI is InChI=1S/C16H20N4O3S.ClH/c1-19-7-6-18-16(19)14-11-17-5-8-20(14)24(21,22)13-2-3-15-12(10-13)4-9-23-15;/h2-3,6-7,10,14,17H,4-5,8-9,11H2,1H3;1H. The highest BCUT2D eigenvalue weighted by Crippen LogP contribution is 2.32. The maximum Gasteiger partial charge on any atom is 0.243 e. The molecule has 1 aromatic heterocycles. The van der Waals surface area contributed by atoms with Crippen LogP contribution in [0.4, 0.5) is 0 Å². The van der Waals surface area contributed by atoms with Crippen LogP contribution in [0.5, 0.6) is 5.75 Å². The summed E-state index contributed by atoms with van der Waals surface area (Å²) in [5, 5.41) is 3.27. The highest BCUT2D eigenvalue weighted by atomic mass is 35.5. The number of aryl methyl sites for hydroxylation is 1. The number of rotatable bonds is 3. The van der Waals surface area contributed by atoms with Crippen molar-refractivity contribution in [1.29, 1.82) is 0 Å². The van der Waals surface area contributed by atoms with Crippen LogP contribution in [0.2, 0.25) is 0 Å². The molecule has 2 aromatic rings. The Morgan fingerprint density at radius 1 is 1.36 bits per heavy atom. The van der Waals surface area contributed by atoms with E-state index in [-0.39, 0.29) is 18.4 Å². The van der Waals surface area contributed by atoms with Gasteiger partial charge in [0.25, 0.3) is 0 Å². The van der Waals surface area contributed by atoms with E-state index < -0.39 is 10.0 Å². The Hall–Kier alpha value is -1.61. The quantitative estimate of drug-likeness (QED) is 0.857. The predicted octanol–water partition coefficient (Wildman–Crippen LogP) is 1.11. The van der Waals surface area contributed by atoms with Gasteiger partial charge < -0.3 is 14.6 Å². The molecule has 0 bridgehead atoms. The van der Waals surface area contributed by atoms with Crippen LogP contribution in [-0.2, 0) is 23.5 Å². The molecule has 4 rings (SSSR count). The summed E-state index contributed by atoms with van der Waals surface area (Å²) >= 11 is 0. The minimum atomic E-state index is -3.59. The van der Waals surface area contributed by atoms with Gasteiger partial charge in [-0.2, -0.15) is 4.31 Å². The fraction of sp³-hybridized carbons (Fsp3) is 0.438. The molecule has 7 nitrogen and oxygen atoms in total. The molecule has 0 aliphatic carbocycles. The van der Waals surface area contributed by atoms with E-state index in [0.717, 1.165) is 23.6 Å².